The summed E-state index contributed by atoms with van der Waals surface area (Å²) in [5.74, 6) is 0.148. The highest BCUT2D eigenvalue weighted by Crippen LogP contribution is 2.49. The lowest BCUT2D eigenvalue weighted by molar-refractivity contribution is -0.0140. The van der Waals surface area contributed by atoms with Gasteiger partial charge in [0, 0.05) is 17.0 Å². The fraction of sp³-hybridized carbons (Fsp3) is 0.211. The second-order valence-corrected chi connectivity index (χ2v) is 6.04. The Labute approximate surface area is 152 Å². The summed E-state index contributed by atoms with van der Waals surface area (Å²) in [5.41, 5.74) is 0.187. The van der Waals surface area contributed by atoms with Crippen LogP contribution in [0.15, 0.2) is 45.6 Å². The van der Waals surface area contributed by atoms with Crippen molar-refractivity contribution in [3.8, 4) is 28.7 Å². The first kappa shape index (κ1) is 17.0. The fourth-order valence-electron chi connectivity index (χ4n) is 3.08. The van der Waals surface area contributed by atoms with E-state index in [1.165, 1.54) is 25.3 Å². The van der Waals surface area contributed by atoms with Gasteiger partial charge in [0.2, 0.25) is 11.5 Å². The molecule has 4 rings (SSSR count). The van der Waals surface area contributed by atoms with E-state index in [1.54, 1.807) is 18.2 Å². The van der Waals surface area contributed by atoms with Crippen LogP contribution >= 0.6 is 0 Å². The highest BCUT2D eigenvalue weighted by atomic mass is 16.6. The molecule has 2 atom stereocenters. The van der Waals surface area contributed by atoms with Crippen LogP contribution in [0.3, 0.4) is 0 Å². The quantitative estimate of drug-likeness (QED) is 0.472. The molecule has 140 valence electrons. The molecular weight excluding hydrogens is 356 g/mol. The lowest BCUT2D eigenvalue weighted by atomic mass is 10.0. The van der Waals surface area contributed by atoms with E-state index in [4.69, 9.17) is 18.6 Å². The van der Waals surface area contributed by atoms with Gasteiger partial charge in [-0.05, 0) is 24.3 Å². The second kappa shape index (κ2) is 6.40. The topological polar surface area (TPSA) is 119 Å². The van der Waals surface area contributed by atoms with Crippen LogP contribution in [-0.2, 0) is 0 Å². The Hall–Kier alpha value is -3.39. The molecule has 0 amide bonds. The Morgan fingerprint density at radius 1 is 1.07 bits per heavy atom. The molecular formula is C19H16O8. The number of rotatable bonds is 3. The van der Waals surface area contributed by atoms with Crippen molar-refractivity contribution in [1.29, 1.82) is 0 Å². The standard InChI is InChI=1S/C19H16O8/c1-24-19-17-10(3-5-15(23)27-17)7-13-18(19)26-14(8-20)16(25-13)9-2-4-11(21)12(22)6-9/h2-7,14,16,20-22H,8H2,1H3/t14-,16-/m1/s1. The molecule has 0 radical (unpaired) electrons. The molecule has 3 aromatic rings. The van der Waals surface area contributed by atoms with E-state index in [-0.39, 0.29) is 35.2 Å². The molecule has 0 bridgehead atoms. The lowest BCUT2D eigenvalue weighted by Crippen LogP contribution is -2.36. The van der Waals surface area contributed by atoms with Crippen molar-refractivity contribution in [3.63, 3.8) is 0 Å². The third kappa shape index (κ3) is 2.80. The van der Waals surface area contributed by atoms with E-state index < -0.39 is 17.8 Å². The maximum atomic E-state index is 11.6. The minimum atomic E-state index is -0.816. The van der Waals surface area contributed by atoms with Crippen molar-refractivity contribution < 1.29 is 33.9 Å². The molecule has 0 spiro atoms. The number of aliphatic hydroxyl groups is 1. The van der Waals surface area contributed by atoms with Gasteiger partial charge in [0.05, 0.1) is 13.7 Å². The molecule has 2 heterocycles. The molecule has 8 heteroatoms. The van der Waals surface area contributed by atoms with E-state index in [1.807, 2.05) is 0 Å². The summed E-state index contributed by atoms with van der Waals surface area (Å²) in [7, 11) is 1.41. The number of benzene rings is 2. The largest absolute Gasteiger partial charge is 0.504 e. The van der Waals surface area contributed by atoms with Crippen molar-refractivity contribution in [2.45, 2.75) is 12.2 Å². The number of phenolic OH excluding ortho intramolecular Hbond substituents is 2. The average Bonchev–Trinajstić information content (AvgIpc) is 2.67. The van der Waals surface area contributed by atoms with Gasteiger partial charge in [0.15, 0.2) is 35.0 Å². The predicted molar refractivity (Wildman–Crippen MR) is 93.7 cm³/mol. The molecule has 0 saturated heterocycles. The second-order valence-electron chi connectivity index (χ2n) is 6.04. The van der Waals surface area contributed by atoms with Gasteiger partial charge in [0.25, 0.3) is 0 Å². The monoisotopic (exact) mass is 372 g/mol. The summed E-state index contributed by atoms with van der Waals surface area (Å²) in [5, 5.41) is 29.6. The summed E-state index contributed by atoms with van der Waals surface area (Å²) in [6, 6.07) is 8.73. The van der Waals surface area contributed by atoms with E-state index in [0.29, 0.717) is 16.7 Å². The number of aliphatic hydroxyl groups excluding tert-OH is 1. The first-order valence-electron chi connectivity index (χ1n) is 8.12. The molecule has 27 heavy (non-hydrogen) atoms. The Morgan fingerprint density at radius 2 is 1.89 bits per heavy atom. The van der Waals surface area contributed by atoms with Crippen LogP contribution in [0.25, 0.3) is 11.0 Å². The van der Waals surface area contributed by atoms with Crippen molar-refractivity contribution in [2.24, 2.45) is 0 Å². The summed E-state index contributed by atoms with van der Waals surface area (Å²) in [6.45, 7) is -0.383. The molecule has 1 aliphatic rings. The third-order valence-corrected chi connectivity index (χ3v) is 4.36. The summed E-state index contributed by atoms with van der Waals surface area (Å²) >= 11 is 0. The SMILES string of the molecule is COc1c2c(cc3ccc(=O)oc13)O[C@H](c1ccc(O)c(O)c1)[C@@H](CO)O2. The van der Waals surface area contributed by atoms with Crippen LogP contribution in [0, 0.1) is 0 Å². The van der Waals surface area contributed by atoms with Crippen molar-refractivity contribution >= 4 is 11.0 Å². The van der Waals surface area contributed by atoms with Crippen LogP contribution in [-0.4, -0.2) is 35.1 Å². The lowest BCUT2D eigenvalue weighted by Gasteiger charge is -2.34. The van der Waals surface area contributed by atoms with Gasteiger partial charge in [-0.3, -0.25) is 0 Å². The van der Waals surface area contributed by atoms with Crippen LogP contribution in [0.4, 0.5) is 0 Å². The van der Waals surface area contributed by atoms with Crippen LogP contribution in [0.5, 0.6) is 28.7 Å². The Bertz CT molecular complexity index is 1070. The maximum absolute atomic E-state index is 11.6. The van der Waals surface area contributed by atoms with Gasteiger partial charge in [0.1, 0.15) is 0 Å². The first-order chi connectivity index (χ1) is 13.0. The zero-order chi connectivity index (χ0) is 19.1. The molecule has 0 saturated carbocycles. The molecule has 2 aromatic carbocycles. The van der Waals surface area contributed by atoms with E-state index in [0.717, 1.165) is 0 Å². The molecule has 1 aliphatic heterocycles. The zero-order valence-electron chi connectivity index (χ0n) is 14.2. The summed E-state index contributed by atoms with van der Waals surface area (Å²) in [4.78, 5) is 11.6. The third-order valence-electron chi connectivity index (χ3n) is 4.36. The minimum absolute atomic E-state index is 0.186. The molecule has 0 fully saturated rings. The van der Waals surface area contributed by atoms with Gasteiger partial charge < -0.3 is 33.9 Å². The Kier molecular flexibility index (Phi) is 4.04. The first-order valence-corrected chi connectivity index (χ1v) is 8.12. The smallest absolute Gasteiger partial charge is 0.336 e. The Balaban J connectivity index is 1.86. The number of methoxy groups -OCH3 is 1. The average molecular weight is 372 g/mol. The molecule has 8 nitrogen and oxygen atoms in total. The molecule has 0 aliphatic carbocycles. The normalized spacial score (nSPS) is 18.4. The number of phenols is 2. The highest BCUT2D eigenvalue weighted by Gasteiger charge is 2.36. The van der Waals surface area contributed by atoms with Crippen molar-refractivity contribution in [1.82, 2.24) is 0 Å². The number of hydrogen-bond donors (Lipinski definition) is 3. The van der Waals surface area contributed by atoms with Crippen LogP contribution < -0.4 is 19.8 Å². The van der Waals surface area contributed by atoms with E-state index in [9.17, 15) is 20.1 Å². The van der Waals surface area contributed by atoms with Gasteiger partial charge >= 0.3 is 5.63 Å². The van der Waals surface area contributed by atoms with Crippen molar-refractivity contribution in [2.75, 3.05) is 13.7 Å². The van der Waals surface area contributed by atoms with E-state index >= 15 is 0 Å². The molecule has 0 unspecified atom stereocenters. The molecule has 3 N–H and O–H groups in total. The highest BCUT2D eigenvalue weighted by molar-refractivity contribution is 5.88. The predicted octanol–water partition coefficient (Wildman–Crippen LogP) is 2.09. The van der Waals surface area contributed by atoms with Gasteiger partial charge in [-0.1, -0.05) is 6.07 Å². The van der Waals surface area contributed by atoms with Gasteiger partial charge in [-0.25, -0.2) is 4.79 Å². The number of fused-ring (bicyclic) bond motifs is 2. The number of aromatic hydroxyl groups is 2. The number of hydrogen-bond acceptors (Lipinski definition) is 8. The molecule has 1 aromatic heterocycles. The zero-order valence-corrected chi connectivity index (χ0v) is 14.2. The number of ether oxygens (including phenoxy) is 3. The van der Waals surface area contributed by atoms with Crippen molar-refractivity contribution in [3.05, 3.63) is 52.4 Å². The minimum Gasteiger partial charge on any atom is -0.504 e. The summed E-state index contributed by atoms with van der Waals surface area (Å²) < 4.78 is 22.5. The Morgan fingerprint density at radius 3 is 2.59 bits per heavy atom. The summed E-state index contributed by atoms with van der Waals surface area (Å²) in [6.07, 6.45) is -1.56. The van der Waals surface area contributed by atoms with Gasteiger partial charge in [-0.15, -0.1) is 0 Å². The van der Waals surface area contributed by atoms with E-state index in [2.05, 4.69) is 0 Å². The fourth-order valence-corrected chi connectivity index (χ4v) is 3.08. The van der Waals surface area contributed by atoms with Crippen LogP contribution in [0.1, 0.15) is 11.7 Å². The maximum Gasteiger partial charge on any atom is 0.336 e. The van der Waals surface area contributed by atoms with Gasteiger partial charge in [-0.2, -0.15) is 0 Å². The van der Waals surface area contributed by atoms with Crippen LogP contribution in [0.2, 0.25) is 0 Å².